The minimum atomic E-state index is -0.475. The molecule has 4 rings (SSSR count). The monoisotopic (exact) mass is 412 g/mol. The maximum Gasteiger partial charge on any atom is 0.498 e. The van der Waals surface area contributed by atoms with Crippen LogP contribution in [-0.2, 0) is 14.0 Å². The van der Waals surface area contributed by atoms with Crippen molar-refractivity contribution in [3.05, 3.63) is 30.2 Å². The second-order valence-electron chi connectivity index (χ2n) is 9.35. The highest BCUT2D eigenvalue weighted by atomic mass is 16.7. The summed E-state index contributed by atoms with van der Waals surface area (Å²) in [5, 5.41) is 0. The maximum atomic E-state index is 6.26. The number of aromatic amines is 1. The molecular weight excluding hydrogens is 379 g/mol. The van der Waals surface area contributed by atoms with Crippen molar-refractivity contribution in [2.24, 2.45) is 0 Å². The van der Waals surface area contributed by atoms with Crippen molar-refractivity contribution >= 4 is 12.6 Å². The zero-order valence-electron chi connectivity index (χ0n) is 18.8. The molecule has 2 aliphatic rings. The molecular formula is C23H33BN2O4. The third-order valence-corrected chi connectivity index (χ3v) is 6.71. The van der Waals surface area contributed by atoms with E-state index >= 15 is 0 Å². The molecule has 0 unspecified atom stereocenters. The van der Waals surface area contributed by atoms with Gasteiger partial charge in [-0.25, -0.2) is 4.98 Å². The second kappa shape index (κ2) is 8.37. The van der Waals surface area contributed by atoms with Crippen molar-refractivity contribution < 1.29 is 18.8 Å². The minimum absolute atomic E-state index is 0.403. The number of methoxy groups -OCH3 is 1. The lowest BCUT2D eigenvalue weighted by Crippen LogP contribution is -2.41. The summed E-state index contributed by atoms with van der Waals surface area (Å²) in [6.07, 6.45) is 6.96. The first-order valence-electron chi connectivity index (χ1n) is 11.0. The highest BCUT2D eigenvalue weighted by Crippen LogP contribution is 2.38. The van der Waals surface area contributed by atoms with E-state index in [2.05, 4.69) is 43.7 Å². The topological polar surface area (TPSA) is 65.6 Å². The number of imidazole rings is 1. The molecule has 1 aliphatic carbocycles. The lowest BCUT2D eigenvalue weighted by molar-refractivity contribution is 0.00578. The van der Waals surface area contributed by atoms with Gasteiger partial charge in [0, 0.05) is 24.1 Å². The molecule has 0 radical (unpaired) electrons. The molecule has 0 spiro atoms. The Labute approximate surface area is 179 Å². The van der Waals surface area contributed by atoms with Gasteiger partial charge in [0.2, 0.25) is 0 Å². The Bertz CT molecular complexity index is 858. The Morgan fingerprint density at radius 1 is 1.10 bits per heavy atom. The van der Waals surface area contributed by atoms with E-state index in [4.69, 9.17) is 18.8 Å². The average Bonchev–Trinajstić information content (AvgIpc) is 3.42. The number of benzene rings is 1. The van der Waals surface area contributed by atoms with Crippen LogP contribution in [0.1, 0.15) is 65.1 Å². The first kappa shape index (κ1) is 21.4. The van der Waals surface area contributed by atoms with E-state index in [1.165, 1.54) is 25.7 Å². The number of nitrogens with one attached hydrogen (secondary N) is 1. The molecule has 0 amide bonds. The zero-order chi connectivity index (χ0) is 21.4. The van der Waals surface area contributed by atoms with Crippen LogP contribution in [-0.4, -0.2) is 48.6 Å². The van der Waals surface area contributed by atoms with Gasteiger partial charge in [0.15, 0.2) is 0 Å². The fourth-order valence-corrected chi connectivity index (χ4v) is 4.12. The number of rotatable bonds is 7. The van der Waals surface area contributed by atoms with Gasteiger partial charge in [-0.15, -0.1) is 0 Å². The highest BCUT2D eigenvalue weighted by molar-refractivity contribution is 6.63. The van der Waals surface area contributed by atoms with Crippen molar-refractivity contribution in [1.29, 1.82) is 0 Å². The van der Waals surface area contributed by atoms with Crippen LogP contribution in [0.2, 0.25) is 0 Å². The Morgan fingerprint density at radius 3 is 2.47 bits per heavy atom. The third-order valence-electron chi connectivity index (χ3n) is 6.71. The summed E-state index contributed by atoms with van der Waals surface area (Å²) in [5.41, 5.74) is 2.14. The van der Waals surface area contributed by atoms with E-state index < -0.39 is 18.3 Å². The summed E-state index contributed by atoms with van der Waals surface area (Å²) in [4.78, 5) is 8.18. The predicted molar refractivity (Wildman–Crippen MR) is 118 cm³/mol. The van der Waals surface area contributed by atoms with Crippen molar-refractivity contribution in [3.8, 4) is 17.0 Å². The Kier molecular flexibility index (Phi) is 5.97. The fraction of sp³-hybridized carbons (Fsp3) is 0.609. The van der Waals surface area contributed by atoms with Gasteiger partial charge in [-0.1, -0.05) is 25.0 Å². The van der Waals surface area contributed by atoms with Gasteiger partial charge >= 0.3 is 7.12 Å². The smallest absolute Gasteiger partial charge is 0.492 e. The summed E-state index contributed by atoms with van der Waals surface area (Å²) in [6.45, 7) is 9.21. The van der Waals surface area contributed by atoms with Crippen LogP contribution in [0.15, 0.2) is 24.4 Å². The number of ether oxygens (including phenoxy) is 2. The third kappa shape index (κ3) is 4.16. The summed E-state index contributed by atoms with van der Waals surface area (Å²) in [7, 11) is 1.20. The highest BCUT2D eigenvalue weighted by Gasteiger charge is 2.52. The van der Waals surface area contributed by atoms with E-state index in [1.807, 2.05) is 18.3 Å². The maximum absolute atomic E-state index is 6.26. The Hall–Kier alpha value is -1.83. The molecule has 6 nitrogen and oxygen atoms in total. The van der Waals surface area contributed by atoms with Crippen LogP contribution in [0.5, 0.6) is 5.75 Å². The molecule has 1 aromatic heterocycles. The van der Waals surface area contributed by atoms with E-state index in [-0.39, 0.29) is 0 Å². The van der Waals surface area contributed by atoms with E-state index in [1.54, 1.807) is 7.11 Å². The van der Waals surface area contributed by atoms with Crippen LogP contribution in [0, 0.1) is 0 Å². The number of nitrogens with zero attached hydrogens (tertiary/aromatic N) is 1. The lowest BCUT2D eigenvalue weighted by atomic mass is 9.78. The van der Waals surface area contributed by atoms with E-state index in [0.29, 0.717) is 19.1 Å². The normalized spacial score (nSPS) is 20.8. The van der Waals surface area contributed by atoms with Crippen molar-refractivity contribution in [3.63, 3.8) is 0 Å². The molecule has 30 heavy (non-hydrogen) atoms. The number of hydrogen-bond acceptors (Lipinski definition) is 5. The SMILES string of the molecule is COCCOc1cc(-c2cnc(C3CCCC3)[nH]2)ccc1B1OC(C)(C)C(C)(C)O1. The molecule has 7 heteroatoms. The van der Waals surface area contributed by atoms with Crippen LogP contribution < -0.4 is 10.2 Å². The molecule has 2 fully saturated rings. The molecule has 2 aromatic rings. The molecule has 2 heterocycles. The Balaban J connectivity index is 1.62. The first-order chi connectivity index (χ1) is 14.3. The van der Waals surface area contributed by atoms with Gasteiger partial charge < -0.3 is 23.8 Å². The molecule has 1 aliphatic heterocycles. The summed E-state index contributed by atoms with van der Waals surface area (Å²) < 4.78 is 23.8. The Morgan fingerprint density at radius 2 is 1.80 bits per heavy atom. The molecule has 0 bridgehead atoms. The van der Waals surface area contributed by atoms with E-state index in [9.17, 15) is 0 Å². The van der Waals surface area contributed by atoms with E-state index in [0.717, 1.165) is 28.3 Å². The first-order valence-corrected chi connectivity index (χ1v) is 11.0. The summed E-state index contributed by atoms with van der Waals surface area (Å²) >= 11 is 0. The largest absolute Gasteiger partial charge is 0.498 e. The van der Waals surface area contributed by atoms with Gasteiger partial charge in [0.05, 0.1) is 29.7 Å². The zero-order valence-corrected chi connectivity index (χ0v) is 18.8. The van der Waals surface area contributed by atoms with Crippen LogP contribution in [0.3, 0.4) is 0 Å². The predicted octanol–water partition coefficient (Wildman–Crippen LogP) is 4.06. The lowest BCUT2D eigenvalue weighted by Gasteiger charge is -2.32. The van der Waals surface area contributed by atoms with Gasteiger partial charge in [0.1, 0.15) is 18.2 Å². The summed E-state index contributed by atoms with van der Waals surface area (Å²) in [5.74, 6) is 2.40. The standard InChI is InChI=1S/C23H33BN2O4/c1-22(2)23(3,4)30-24(29-22)18-11-10-17(14-20(18)28-13-12-27-5)19-15-25-21(26-19)16-8-6-7-9-16/h10-11,14-16H,6-9,12-13H2,1-5H3,(H,25,26). The van der Waals surface area contributed by atoms with Crippen molar-refractivity contribution in [2.75, 3.05) is 20.3 Å². The van der Waals surface area contributed by atoms with Crippen LogP contribution >= 0.6 is 0 Å². The quantitative estimate of drug-likeness (QED) is 0.549. The second-order valence-corrected chi connectivity index (χ2v) is 9.35. The summed E-state index contributed by atoms with van der Waals surface area (Å²) in [6, 6.07) is 6.16. The fourth-order valence-electron chi connectivity index (χ4n) is 4.12. The van der Waals surface area contributed by atoms with Crippen LogP contribution in [0.4, 0.5) is 0 Å². The number of H-pyrrole nitrogens is 1. The van der Waals surface area contributed by atoms with Gasteiger partial charge in [-0.05, 0) is 46.6 Å². The molecule has 1 saturated carbocycles. The number of hydrogen-bond donors (Lipinski definition) is 1. The molecule has 1 saturated heterocycles. The van der Waals surface area contributed by atoms with Gasteiger partial charge in [0.25, 0.3) is 0 Å². The van der Waals surface area contributed by atoms with Gasteiger partial charge in [-0.2, -0.15) is 0 Å². The molecule has 1 N–H and O–H groups in total. The van der Waals surface area contributed by atoms with Gasteiger partial charge in [-0.3, -0.25) is 0 Å². The molecule has 1 aromatic carbocycles. The molecule has 0 atom stereocenters. The molecule has 162 valence electrons. The van der Waals surface area contributed by atoms with Crippen molar-refractivity contribution in [1.82, 2.24) is 9.97 Å². The number of aromatic nitrogens is 2. The average molecular weight is 412 g/mol. The minimum Gasteiger partial charge on any atom is -0.492 e. The van der Waals surface area contributed by atoms with Crippen molar-refractivity contribution in [2.45, 2.75) is 70.5 Å². The van der Waals surface area contributed by atoms with Crippen LogP contribution in [0.25, 0.3) is 11.3 Å².